The van der Waals surface area contributed by atoms with Gasteiger partial charge in [-0.25, -0.2) is 9.97 Å². The van der Waals surface area contributed by atoms with Crippen LogP contribution >= 0.6 is 0 Å². The SMILES string of the molecule is COCC(F)(F)c1cc(N)cc([C@@H](C)Nc2nc(C)nc3cc(OC)c(N4CCN(C(C)=O)CC4)cc23)c1. The summed E-state index contributed by atoms with van der Waals surface area (Å²) in [6, 6.07) is 7.83. The van der Waals surface area contributed by atoms with Crippen molar-refractivity contribution in [2.24, 2.45) is 0 Å². The number of fused-ring (bicyclic) bond motifs is 1. The number of halogens is 2. The summed E-state index contributed by atoms with van der Waals surface area (Å²) < 4.78 is 39.5. The standard InChI is InChI=1S/C27H34F2N6O3/c1-16(19-10-20(12-21(30)11-19)27(28,29)15-37-4)31-26-22-13-24(35-8-6-34(7-9-35)18(3)36)25(38-5)14-23(22)32-17(2)33-26/h10-14,16H,6-9,15,30H2,1-5H3,(H,31,32,33)/t16-/m1/s1. The number of ether oxygens (including phenoxy) is 2. The number of aromatic nitrogens is 2. The largest absolute Gasteiger partial charge is 0.495 e. The van der Waals surface area contributed by atoms with Crippen molar-refractivity contribution in [2.45, 2.75) is 32.7 Å². The Morgan fingerprint density at radius 1 is 1.13 bits per heavy atom. The Hall–Kier alpha value is -3.73. The minimum atomic E-state index is -3.17. The smallest absolute Gasteiger partial charge is 0.296 e. The number of nitrogen functional groups attached to an aromatic ring is 1. The second-order valence-corrected chi connectivity index (χ2v) is 9.55. The van der Waals surface area contributed by atoms with Crippen LogP contribution in [-0.4, -0.2) is 67.8 Å². The monoisotopic (exact) mass is 528 g/mol. The fourth-order valence-corrected chi connectivity index (χ4v) is 4.73. The lowest BCUT2D eigenvalue weighted by atomic mass is 10.00. The molecule has 3 N–H and O–H groups in total. The molecular weight excluding hydrogens is 494 g/mol. The molecular formula is C27H34F2N6O3. The molecule has 2 heterocycles. The Labute approximate surface area is 220 Å². The van der Waals surface area contributed by atoms with Gasteiger partial charge in [0.25, 0.3) is 5.92 Å². The molecule has 11 heteroatoms. The number of nitrogens with one attached hydrogen (secondary N) is 1. The van der Waals surface area contributed by atoms with Crippen LogP contribution < -0.4 is 20.7 Å². The quantitative estimate of drug-likeness (QED) is 0.421. The summed E-state index contributed by atoms with van der Waals surface area (Å²) in [6.45, 7) is 7.06. The van der Waals surface area contributed by atoms with E-state index < -0.39 is 18.6 Å². The first-order chi connectivity index (χ1) is 18.0. The van der Waals surface area contributed by atoms with Crippen molar-refractivity contribution in [3.8, 4) is 5.75 Å². The van der Waals surface area contributed by atoms with Crippen LogP contribution in [0.2, 0.25) is 0 Å². The van der Waals surface area contributed by atoms with Crippen molar-refractivity contribution in [3.05, 3.63) is 47.3 Å². The highest BCUT2D eigenvalue weighted by Gasteiger charge is 2.32. The van der Waals surface area contributed by atoms with E-state index in [1.807, 2.05) is 24.0 Å². The number of piperazine rings is 1. The summed E-state index contributed by atoms with van der Waals surface area (Å²) in [6.07, 6.45) is 0. The van der Waals surface area contributed by atoms with Crippen molar-refractivity contribution in [2.75, 3.05) is 63.0 Å². The molecule has 3 aromatic rings. The van der Waals surface area contributed by atoms with Crippen LogP contribution in [0.1, 0.15) is 36.8 Å². The third-order valence-electron chi connectivity index (χ3n) is 6.75. The first-order valence-corrected chi connectivity index (χ1v) is 12.4. The number of nitrogens with zero attached hydrogens (tertiary/aromatic N) is 4. The molecule has 1 aliphatic heterocycles. The molecule has 0 radical (unpaired) electrons. The molecule has 0 spiro atoms. The van der Waals surface area contributed by atoms with E-state index in [0.29, 0.717) is 54.7 Å². The molecule has 204 valence electrons. The highest BCUT2D eigenvalue weighted by molar-refractivity contribution is 5.94. The van der Waals surface area contributed by atoms with E-state index >= 15 is 0 Å². The van der Waals surface area contributed by atoms with Gasteiger partial charge in [-0.05, 0) is 43.7 Å². The predicted octanol–water partition coefficient (Wildman–Crippen LogP) is 4.11. The van der Waals surface area contributed by atoms with Gasteiger partial charge in [0.2, 0.25) is 5.91 Å². The van der Waals surface area contributed by atoms with E-state index in [9.17, 15) is 13.6 Å². The van der Waals surface area contributed by atoms with Gasteiger partial charge in [0, 0.05) is 62.9 Å². The van der Waals surface area contributed by atoms with Crippen LogP contribution in [0.25, 0.3) is 10.9 Å². The summed E-state index contributed by atoms with van der Waals surface area (Å²) in [5, 5.41) is 4.14. The summed E-state index contributed by atoms with van der Waals surface area (Å²) in [4.78, 5) is 25.0. The Morgan fingerprint density at radius 3 is 2.47 bits per heavy atom. The average molecular weight is 529 g/mol. The van der Waals surface area contributed by atoms with Gasteiger partial charge in [0.05, 0.1) is 24.4 Å². The number of aryl methyl sites for hydroxylation is 1. The summed E-state index contributed by atoms with van der Waals surface area (Å²) in [5.74, 6) is -1.32. The molecule has 1 aromatic heterocycles. The van der Waals surface area contributed by atoms with Crippen molar-refractivity contribution < 1.29 is 23.0 Å². The lowest BCUT2D eigenvalue weighted by Gasteiger charge is -2.36. The molecule has 1 amide bonds. The number of amides is 1. The second-order valence-electron chi connectivity index (χ2n) is 9.55. The molecule has 38 heavy (non-hydrogen) atoms. The zero-order valence-corrected chi connectivity index (χ0v) is 22.3. The molecule has 1 fully saturated rings. The number of alkyl halides is 2. The summed E-state index contributed by atoms with van der Waals surface area (Å²) >= 11 is 0. The van der Waals surface area contributed by atoms with E-state index in [4.69, 9.17) is 15.2 Å². The van der Waals surface area contributed by atoms with E-state index in [1.54, 1.807) is 27.0 Å². The van der Waals surface area contributed by atoms with E-state index in [2.05, 4.69) is 20.2 Å². The first kappa shape index (κ1) is 27.3. The second kappa shape index (κ2) is 10.9. The molecule has 9 nitrogen and oxygen atoms in total. The van der Waals surface area contributed by atoms with Crippen molar-refractivity contribution in [1.29, 1.82) is 0 Å². The van der Waals surface area contributed by atoms with Gasteiger partial charge < -0.3 is 30.3 Å². The maximum atomic E-state index is 14.6. The number of hydrogen-bond acceptors (Lipinski definition) is 8. The maximum Gasteiger partial charge on any atom is 0.296 e. The zero-order valence-electron chi connectivity index (χ0n) is 22.3. The molecule has 2 aromatic carbocycles. The minimum absolute atomic E-state index is 0.0594. The normalized spacial score (nSPS) is 15.0. The Bertz CT molecular complexity index is 1330. The Kier molecular flexibility index (Phi) is 7.86. The van der Waals surface area contributed by atoms with Gasteiger partial charge in [0.15, 0.2) is 0 Å². The number of carbonyl (C=O) groups is 1. The number of anilines is 3. The van der Waals surface area contributed by atoms with Crippen LogP contribution in [0.15, 0.2) is 30.3 Å². The fraction of sp³-hybridized carbons (Fsp3) is 0.444. The van der Waals surface area contributed by atoms with Crippen LogP contribution in [0, 0.1) is 6.92 Å². The third-order valence-corrected chi connectivity index (χ3v) is 6.75. The van der Waals surface area contributed by atoms with E-state index in [0.717, 1.165) is 11.1 Å². The number of hydrogen-bond donors (Lipinski definition) is 2. The van der Waals surface area contributed by atoms with Crippen LogP contribution in [0.3, 0.4) is 0 Å². The highest BCUT2D eigenvalue weighted by atomic mass is 19.3. The molecule has 1 atom stereocenters. The van der Waals surface area contributed by atoms with E-state index in [1.165, 1.54) is 19.2 Å². The minimum Gasteiger partial charge on any atom is -0.495 e. The van der Waals surface area contributed by atoms with Crippen molar-refractivity contribution in [3.63, 3.8) is 0 Å². The van der Waals surface area contributed by atoms with Crippen LogP contribution in [0.4, 0.5) is 26.0 Å². The number of carbonyl (C=O) groups excluding carboxylic acids is 1. The molecule has 0 aliphatic carbocycles. The van der Waals surface area contributed by atoms with Gasteiger partial charge >= 0.3 is 0 Å². The molecule has 0 saturated carbocycles. The van der Waals surface area contributed by atoms with Crippen LogP contribution in [0.5, 0.6) is 5.75 Å². The van der Waals surface area contributed by atoms with Gasteiger partial charge in [0.1, 0.15) is 24.0 Å². The maximum absolute atomic E-state index is 14.6. The third kappa shape index (κ3) is 5.72. The Morgan fingerprint density at radius 2 is 1.84 bits per heavy atom. The van der Waals surface area contributed by atoms with Gasteiger partial charge in [-0.15, -0.1) is 0 Å². The lowest BCUT2D eigenvalue weighted by Crippen LogP contribution is -2.48. The van der Waals surface area contributed by atoms with Crippen LogP contribution in [-0.2, 0) is 15.5 Å². The number of rotatable bonds is 8. The molecule has 1 saturated heterocycles. The van der Waals surface area contributed by atoms with Gasteiger partial charge in [-0.3, -0.25) is 4.79 Å². The topological polar surface area (TPSA) is 106 Å². The highest BCUT2D eigenvalue weighted by Crippen LogP contribution is 2.37. The van der Waals surface area contributed by atoms with Gasteiger partial charge in [-0.1, -0.05) is 0 Å². The predicted molar refractivity (Wildman–Crippen MR) is 144 cm³/mol. The van der Waals surface area contributed by atoms with Crippen molar-refractivity contribution in [1.82, 2.24) is 14.9 Å². The molecule has 0 bridgehead atoms. The number of benzene rings is 2. The Balaban J connectivity index is 1.69. The number of nitrogens with two attached hydrogens (primary N) is 1. The number of methoxy groups -OCH3 is 2. The molecule has 4 rings (SSSR count). The lowest BCUT2D eigenvalue weighted by molar-refractivity contribution is -0.129. The summed E-state index contributed by atoms with van der Waals surface area (Å²) in [7, 11) is 2.85. The van der Waals surface area contributed by atoms with Crippen molar-refractivity contribution >= 4 is 34.0 Å². The fourth-order valence-electron chi connectivity index (χ4n) is 4.73. The first-order valence-electron chi connectivity index (χ1n) is 12.4. The van der Waals surface area contributed by atoms with Gasteiger partial charge in [-0.2, -0.15) is 8.78 Å². The average Bonchev–Trinajstić information content (AvgIpc) is 2.87. The molecule has 1 aliphatic rings. The van der Waals surface area contributed by atoms with E-state index in [-0.39, 0.29) is 17.2 Å². The zero-order chi connectivity index (χ0) is 27.6. The molecule has 0 unspecified atom stereocenters. The summed E-state index contributed by atoms with van der Waals surface area (Å²) in [5.41, 5.74) is 8.18.